The van der Waals surface area contributed by atoms with E-state index in [4.69, 9.17) is 5.73 Å². The van der Waals surface area contributed by atoms with Gasteiger partial charge in [0, 0.05) is 19.6 Å². The lowest BCUT2D eigenvalue weighted by Crippen LogP contribution is -2.41. The van der Waals surface area contributed by atoms with E-state index >= 15 is 0 Å². The summed E-state index contributed by atoms with van der Waals surface area (Å²) in [7, 11) is 0. The van der Waals surface area contributed by atoms with Crippen molar-refractivity contribution in [3.8, 4) is 0 Å². The molecular formula is C9H21N3O. The molecule has 0 fully saturated rings. The number of nitrogens with two attached hydrogens (primary N) is 1. The van der Waals surface area contributed by atoms with Crippen LogP contribution in [0.5, 0.6) is 0 Å². The molecule has 2 amide bonds. The largest absolute Gasteiger partial charge is 0.338 e. The van der Waals surface area contributed by atoms with Crippen LogP contribution in [0.15, 0.2) is 0 Å². The third kappa shape index (κ3) is 5.47. The lowest BCUT2D eigenvalue weighted by Gasteiger charge is -2.20. The first kappa shape index (κ1) is 12.2. The molecule has 0 atom stereocenters. The van der Waals surface area contributed by atoms with E-state index in [0.29, 0.717) is 6.54 Å². The van der Waals surface area contributed by atoms with Gasteiger partial charge in [-0.15, -0.1) is 0 Å². The lowest BCUT2D eigenvalue weighted by molar-refractivity contribution is 0.200. The number of amides is 2. The molecule has 0 aromatic carbocycles. The van der Waals surface area contributed by atoms with Gasteiger partial charge in [0.05, 0.1) is 0 Å². The molecule has 78 valence electrons. The summed E-state index contributed by atoms with van der Waals surface area (Å²) in [5, 5.41) is 2.84. The first-order chi connectivity index (χ1) is 6.26. The SMILES string of the molecule is CCCNC(=O)N(CC)CCCN. The fourth-order valence-corrected chi connectivity index (χ4v) is 1.03. The van der Waals surface area contributed by atoms with Crippen LogP contribution in [0.1, 0.15) is 26.7 Å². The van der Waals surface area contributed by atoms with Crippen molar-refractivity contribution in [2.75, 3.05) is 26.2 Å². The number of nitrogens with zero attached hydrogens (tertiary/aromatic N) is 1. The molecule has 0 bridgehead atoms. The van der Waals surface area contributed by atoms with Crippen LogP contribution < -0.4 is 11.1 Å². The summed E-state index contributed by atoms with van der Waals surface area (Å²) in [6.07, 6.45) is 1.84. The highest BCUT2D eigenvalue weighted by Crippen LogP contribution is 1.91. The monoisotopic (exact) mass is 187 g/mol. The zero-order valence-electron chi connectivity index (χ0n) is 8.68. The average molecular weight is 187 g/mol. The van der Waals surface area contributed by atoms with Crippen molar-refractivity contribution in [3.63, 3.8) is 0 Å². The molecule has 0 radical (unpaired) electrons. The third-order valence-electron chi connectivity index (χ3n) is 1.83. The molecule has 0 aromatic rings. The van der Waals surface area contributed by atoms with E-state index in [1.807, 2.05) is 13.8 Å². The van der Waals surface area contributed by atoms with E-state index in [9.17, 15) is 4.79 Å². The molecule has 0 rings (SSSR count). The van der Waals surface area contributed by atoms with Crippen LogP contribution >= 0.6 is 0 Å². The quantitative estimate of drug-likeness (QED) is 0.645. The Hall–Kier alpha value is -0.770. The fourth-order valence-electron chi connectivity index (χ4n) is 1.03. The molecule has 0 saturated carbocycles. The number of nitrogens with one attached hydrogen (secondary N) is 1. The van der Waals surface area contributed by atoms with Gasteiger partial charge in [-0.2, -0.15) is 0 Å². The maximum atomic E-state index is 11.4. The van der Waals surface area contributed by atoms with Crippen molar-refractivity contribution in [2.45, 2.75) is 26.7 Å². The van der Waals surface area contributed by atoms with Crippen LogP contribution in [0.25, 0.3) is 0 Å². The smallest absolute Gasteiger partial charge is 0.317 e. The van der Waals surface area contributed by atoms with Crippen LogP contribution in [0, 0.1) is 0 Å². The molecule has 0 saturated heterocycles. The van der Waals surface area contributed by atoms with Crippen molar-refractivity contribution >= 4 is 6.03 Å². The Bertz CT molecular complexity index is 139. The molecule has 4 heteroatoms. The molecule has 0 spiro atoms. The standard InChI is InChI=1S/C9H21N3O/c1-3-7-11-9(13)12(4-2)8-5-6-10/h3-8,10H2,1-2H3,(H,11,13). The van der Waals surface area contributed by atoms with Crippen LogP contribution in [-0.4, -0.2) is 37.1 Å². The van der Waals surface area contributed by atoms with Gasteiger partial charge in [0.25, 0.3) is 0 Å². The average Bonchev–Trinajstić information content (AvgIpc) is 2.16. The summed E-state index contributed by atoms with van der Waals surface area (Å²) in [4.78, 5) is 13.2. The number of urea groups is 1. The van der Waals surface area contributed by atoms with Gasteiger partial charge < -0.3 is 16.0 Å². The lowest BCUT2D eigenvalue weighted by atomic mass is 10.4. The van der Waals surface area contributed by atoms with Gasteiger partial charge in [-0.3, -0.25) is 0 Å². The zero-order chi connectivity index (χ0) is 10.1. The summed E-state index contributed by atoms with van der Waals surface area (Å²) in [6.45, 7) is 6.89. The molecule has 0 aliphatic heterocycles. The number of hydrogen-bond acceptors (Lipinski definition) is 2. The van der Waals surface area contributed by atoms with Crippen LogP contribution in [-0.2, 0) is 0 Å². The van der Waals surface area contributed by atoms with Gasteiger partial charge in [0.15, 0.2) is 0 Å². The molecule has 0 unspecified atom stereocenters. The van der Waals surface area contributed by atoms with E-state index < -0.39 is 0 Å². The maximum absolute atomic E-state index is 11.4. The highest BCUT2D eigenvalue weighted by Gasteiger charge is 2.08. The van der Waals surface area contributed by atoms with Gasteiger partial charge >= 0.3 is 6.03 Å². The number of carbonyl (C=O) groups is 1. The number of hydrogen-bond donors (Lipinski definition) is 2. The van der Waals surface area contributed by atoms with Crippen molar-refractivity contribution in [1.29, 1.82) is 0 Å². The topological polar surface area (TPSA) is 58.4 Å². The summed E-state index contributed by atoms with van der Waals surface area (Å²) >= 11 is 0. The third-order valence-corrected chi connectivity index (χ3v) is 1.83. The van der Waals surface area contributed by atoms with Gasteiger partial charge in [-0.25, -0.2) is 4.79 Å². The van der Waals surface area contributed by atoms with Crippen LogP contribution in [0.2, 0.25) is 0 Å². The molecule has 0 heterocycles. The molecular weight excluding hydrogens is 166 g/mol. The highest BCUT2D eigenvalue weighted by molar-refractivity contribution is 5.74. The minimum atomic E-state index is 0.0257. The second-order valence-corrected chi connectivity index (χ2v) is 2.95. The Labute approximate surface area is 80.5 Å². The van der Waals surface area contributed by atoms with E-state index in [1.165, 1.54) is 0 Å². The van der Waals surface area contributed by atoms with Gasteiger partial charge in [0.2, 0.25) is 0 Å². The molecule has 0 aliphatic rings. The summed E-state index contributed by atoms with van der Waals surface area (Å²) in [5.74, 6) is 0. The second-order valence-electron chi connectivity index (χ2n) is 2.95. The first-order valence-corrected chi connectivity index (χ1v) is 4.99. The maximum Gasteiger partial charge on any atom is 0.317 e. The Morgan fingerprint density at radius 1 is 1.46 bits per heavy atom. The fraction of sp³-hybridized carbons (Fsp3) is 0.889. The van der Waals surface area contributed by atoms with E-state index in [-0.39, 0.29) is 6.03 Å². The Morgan fingerprint density at radius 3 is 2.62 bits per heavy atom. The van der Waals surface area contributed by atoms with E-state index in [0.717, 1.165) is 32.5 Å². The van der Waals surface area contributed by atoms with Gasteiger partial charge in [-0.1, -0.05) is 6.92 Å². The number of carbonyl (C=O) groups excluding carboxylic acids is 1. The summed E-state index contributed by atoms with van der Waals surface area (Å²) < 4.78 is 0. The molecule has 0 aliphatic carbocycles. The molecule has 13 heavy (non-hydrogen) atoms. The minimum absolute atomic E-state index is 0.0257. The Kier molecular flexibility index (Phi) is 7.39. The highest BCUT2D eigenvalue weighted by atomic mass is 16.2. The second kappa shape index (κ2) is 7.86. The van der Waals surface area contributed by atoms with Crippen molar-refractivity contribution in [3.05, 3.63) is 0 Å². The summed E-state index contributed by atoms with van der Waals surface area (Å²) in [5.41, 5.74) is 5.37. The van der Waals surface area contributed by atoms with Gasteiger partial charge in [-0.05, 0) is 26.3 Å². The van der Waals surface area contributed by atoms with Crippen LogP contribution in [0.4, 0.5) is 4.79 Å². The van der Waals surface area contributed by atoms with Crippen LogP contribution in [0.3, 0.4) is 0 Å². The number of rotatable bonds is 6. The molecule has 3 N–H and O–H groups in total. The normalized spacial score (nSPS) is 9.77. The van der Waals surface area contributed by atoms with E-state index in [2.05, 4.69) is 5.32 Å². The molecule has 0 aromatic heterocycles. The van der Waals surface area contributed by atoms with Crippen molar-refractivity contribution < 1.29 is 4.79 Å². The zero-order valence-corrected chi connectivity index (χ0v) is 8.68. The minimum Gasteiger partial charge on any atom is -0.338 e. The van der Waals surface area contributed by atoms with E-state index in [1.54, 1.807) is 4.90 Å². The van der Waals surface area contributed by atoms with Crippen molar-refractivity contribution in [1.82, 2.24) is 10.2 Å². The molecule has 4 nitrogen and oxygen atoms in total. The predicted molar refractivity (Wildman–Crippen MR) is 54.6 cm³/mol. The van der Waals surface area contributed by atoms with Crippen molar-refractivity contribution in [2.24, 2.45) is 5.73 Å². The predicted octanol–water partition coefficient (Wildman–Crippen LogP) is 0.777. The first-order valence-electron chi connectivity index (χ1n) is 4.99. The summed E-state index contributed by atoms with van der Waals surface area (Å²) in [6, 6.07) is 0.0257. The Balaban J connectivity index is 3.71. The Morgan fingerprint density at radius 2 is 2.15 bits per heavy atom. The van der Waals surface area contributed by atoms with Gasteiger partial charge in [0.1, 0.15) is 0 Å².